The lowest BCUT2D eigenvalue weighted by atomic mass is 10.1. The Morgan fingerprint density at radius 1 is 1.29 bits per heavy atom. The van der Waals surface area contributed by atoms with Crippen LogP contribution in [-0.4, -0.2) is 57.8 Å². The predicted molar refractivity (Wildman–Crippen MR) is 89.4 cm³/mol. The number of carbonyl (C=O) groups excluding carboxylic acids is 2. The maximum absolute atomic E-state index is 12.4. The molecule has 0 spiro atoms. The lowest BCUT2D eigenvalue weighted by Gasteiger charge is -2.32. The van der Waals surface area contributed by atoms with Crippen LogP contribution in [0.2, 0.25) is 0 Å². The summed E-state index contributed by atoms with van der Waals surface area (Å²) in [4.78, 5) is 25.7. The molecule has 2 amide bonds. The summed E-state index contributed by atoms with van der Waals surface area (Å²) in [5.74, 6) is -0.541. The van der Waals surface area contributed by atoms with Gasteiger partial charge in [-0.1, -0.05) is 12.1 Å². The van der Waals surface area contributed by atoms with Crippen LogP contribution in [0.5, 0.6) is 0 Å². The Hall–Kier alpha value is -2.13. The van der Waals surface area contributed by atoms with Gasteiger partial charge in [0.25, 0.3) is 0 Å². The molecule has 1 unspecified atom stereocenters. The summed E-state index contributed by atoms with van der Waals surface area (Å²) in [6, 6.07) is 5.86. The van der Waals surface area contributed by atoms with Crippen molar-refractivity contribution in [2.75, 3.05) is 31.8 Å². The molecule has 1 aliphatic heterocycles. The first-order valence-electron chi connectivity index (χ1n) is 7.50. The zero-order valence-corrected chi connectivity index (χ0v) is 14.4. The normalized spacial score (nSPS) is 18.1. The Morgan fingerprint density at radius 3 is 2.67 bits per heavy atom. The van der Waals surface area contributed by atoms with Gasteiger partial charge in [-0.25, -0.2) is 22.7 Å². The topological polar surface area (TPSA) is 105 Å². The first-order valence-corrected chi connectivity index (χ1v) is 9.40. The SMILES string of the molecule is COC(=O)c1ccccc1NC(=O)N1CCCC(NS(C)(=O)=O)C1. The molecular formula is C15H21N3O5S. The van der Waals surface area contributed by atoms with Gasteiger partial charge in [0.1, 0.15) is 0 Å². The molecule has 1 aliphatic rings. The standard InChI is InChI=1S/C15H21N3O5S/c1-23-14(19)12-7-3-4-8-13(12)16-15(20)18-9-5-6-11(10-18)17-24(2,21)22/h3-4,7-8,11,17H,5-6,9-10H2,1-2H3,(H,16,20). The van der Waals surface area contributed by atoms with Gasteiger partial charge in [-0.2, -0.15) is 0 Å². The average Bonchev–Trinajstić information content (AvgIpc) is 2.53. The first-order chi connectivity index (χ1) is 11.3. The van der Waals surface area contributed by atoms with Crippen molar-refractivity contribution in [2.24, 2.45) is 0 Å². The molecule has 0 bridgehead atoms. The molecule has 0 aliphatic carbocycles. The van der Waals surface area contributed by atoms with E-state index in [4.69, 9.17) is 4.74 Å². The molecule has 8 nitrogen and oxygen atoms in total. The molecule has 1 heterocycles. The molecule has 132 valence electrons. The number of hydrogen-bond acceptors (Lipinski definition) is 5. The maximum atomic E-state index is 12.4. The van der Waals surface area contributed by atoms with Crippen LogP contribution in [0, 0.1) is 0 Å². The predicted octanol–water partition coefficient (Wildman–Crippen LogP) is 1.02. The van der Waals surface area contributed by atoms with Crippen molar-refractivity contribution in [1.82, 2.24) is 9.62 Å². The molecule has 0 saturated carbocycles. The van der Waals surface area contributed by atoms with Crippen LogP contribution in [0.4, 0.5) is 10.5 Å². The number of para-hydroxylation sites is 1. The summed E-state index contributed by atoms with van der Waals surface area (Å²) >= 11 is 0. The summed E-state index contributed by atoms with van der Waals surface area (Å²) in [6.07, 6.45) is 2.47. The number of ether oxygens (including phenoxy) is 1. The minimum atomic E-state index is -3.32. The number of carbonyl (C=O) groups is 2. The van der Waals surface area contributed by atoms with E-state index in [-0.39, 0.29) is 24.2 Å². The van der Waals surface area contributed by atoms with Crippen molar-refractivity contribution < 1.29 is 22.7 Å². The van der Waals surface area contributed by atoms with Crippen LogP contribution in [0.25, 0.3) is 0 Å². The molecule has 0 aromatic heterocycles. The van der Waals surface area contributed by atoms with Crippen molar-refractivity contribution in [3.8, 4) is 0 Å². The number of benzene rings is 1. The highest BCUT2D eigenvalue weighted by Gasteiger charge is 2.26. The van der Waals surface area contributed by atoms with Crippen molar-refractivity contribution in [3.63, 3.8) is 0 Å². The highest BCUT2D eigenvalue weighted by atomic mass is 32.2. The summed E-state index contributed by atoms with van der Waals surface area (Å²) < 4.78 is 29.9. The highest BCUT2D eigenvalue weighted by Crippen LogP contribution is 2.18. The number of urea groups is 1. The number of methoxy groups -OCH3 is 1. The number of sulfonamides is 1. The third-order valence-corrected chi connectivity index (χ3v) is 4.42. The number of esters is 1. The van der Waals surface area contributed by atoms with E-state index >= 15 is 0 Å². The second-order valence-electron chi connectivity index (χ2n) is 5.64. The second kappa shape index (κ2) is 7.63. The number of hydrogen-bond donors (Lipinski definition) is 2. The van der Waals surface area contributed by atoms with E-state index in [9.17, 15) is 18.0 Å². The van der Waals surface area contributed by atoms with E-state index in [0.717, 1.165) is 6.26 Å². The molecule has 2 N–H and O–H groups in total. The smallest absolute Gasteiger partial charge is 0.339 e. The van der Waals surface area contributed by atoms with E-state index < -0.39 is 16.0 Å². The van der Waals surface area contributed by atoms with E-state index in [1.807, 2.05) is 0 Å². The third-order valence-electron chi connectivity index (χ3n) is 3.66. The van der Waals surface area contributed by atoms with Gasteiger partial charge in [0.2, 0.25) is 10.0 Å². The van der Waals surface area contributed by atoms with Crippen LogP contribution in [0.1, 0.15) is 23.2 Å². The molecule has 1 saturated heterocycles. The quantitative estimate of drug-likeness (QED) is 0.785. The molecular weight excluding hydrogens is 334 g/mol. The first kappa shape index (κ1) is 18.2. The van der Waals surface area contributed by atoms with E-state index in [0.29, 0.717) is 25.1 Å². The largest absolute Gasteiger partial charge is 0.465 e. The van der Waals surface area contributed by atoms with Crippen LogP contribution in [0.15, 0.2) is 24.3 Å². The lowest BCUT2D eigenvalue weighted by Crippen LogP contribution is -2.50. The molecule has 1 aromatic carbocycles. The Balaban J connectivity index is 2.06. The van der Waals surface area contributed by atoms with Gasteiger partial charge in [-0.15, -0.1) is 0 Å². The van der Waals surface area contributed by atoms with Crippen molar-refractivity contribution >= 4 is 27.7 Å². The van der Waals surface area contributed by atoms with Crippen LogP contribution < -0.4 is 10.0 Å². The monoisotopic (exact) mass is 355 g/mol. The Kier molecular flexibility index (Phi) is 5.79. The van der Waals surface area contributed by atoms with E-state index in [1.54, 1.807) is 24.3 Å². The molecule has 9 heteroatoms. The third kappa shape index (κ3) is 4.93. The summed E-state index contributed by atoms with van der Waals surface area (Å²) in [5, 5.41) is 2.69. The van der Waals surface area contributed by atoms with Gasteiger partial charge in [0.15, 0.2) is 0 Å². The molecule has 1 aromatic rings. The van der Waals surface area contributed by atoms with Crippen molar-refractivity contribution in [1.29, 1.82) is 0 Å². The van der Waals surface area contributed by atoms with E-state index in [1.165, 1.54) is 12.0 Å². The van der Waals surface area contributed by atoms with Gasteiger partial charge in [-0.05, 0) is 25.0 Å². The number of anilines is 1. The number of amides is 2. The summed E-state index contributed by atoms with van der Waals surface area (Å²) in [7, 11) is -2.05. The Morgan fingerprint density at radius 2 is 2.00 bits per heavy atom. The van der Waals surface area contributed by atoms with Crippen molar-refractivity contribution in [2.45, 2.75) is 18.9 Å². The van der Waals surface area contributed by atoms with Gasteiger partial charge >= 0.3 is 12.0 Å². The molecule has 2 rings (SSSR count). The van der Waals surface area contributed by atoms with Crippen LogP contribution in [0.3, 0.4) is 0 Å². The Bertz CT molecular complexity index is 720. The minimum absolute atomic E-state index is 0.260. The number of rotatable bonds is 4. The second-order valence-corrected chi connectivity index (χ2v) is 7.42. The molecule has 24 heavy (non-hydrogen) atoms. The van der Waals surface area contributed by atoms with Crippen molar-refractivity contribution in [3.05, 3.63) is 29.8 Å². The zero-order chi connectivity index (χ0) is 17.7. The van der Waals surface area contributed by atoms with Crippen LogP contribution >= 0.6 is 0 Å². The summed E-state index contributed by atoms with van der Waals surface area (Å²) in [6.45, 7) is 0.799. The number of nitrogens with zero attached hydrogens (tertiary/aromatic N) is 1. The van der Waals surface area contributed by atoms with Crippen LogP contribution in [-0.2, 0) is 14.8 Å². The fourth-order valence-electron chi connectivity index (χ4n) is 2.63. The van der Waals surface area contributed by atoms with Gasteiger partial charge in [0.05, 0.1) is 24.6 Å². The molecule has 1 atom stereocenters. The Labute approximate surface area is 141 Å². The zero-order valence-electron chi connectivity index (χ0n) is 13.6. The minimum Gasteiger partial charge on any atom is -0.465 e. The van der Waals surface area contributed by atoms with Gasteiger partial charge in [0, 0.05) is 19.1 Å². The molecule has 0 radical (unpaired) electrons. The van der Waals surface area contributed by atoms with E-state index in [2.05, 4.69) is 10.0 Å². The highest BCUT2D eigenvalue weighted by molar-refractivity contribution is 7.88. The lowest BCUT2D eigenvalue weighted by molar-refractivity contribution is 0.0602. The number of piperidine rings is 1. The average molecular weight is 355 g/mol. The maximum Gasteiger partial charge on any atom is 0.339 e. The molecule has 1 fully saturated rings. The number of likely N-dealkylation sites (tertiary alicyclic amines) is 1. The fourth-order valence-corrected chi connectivity index (χ4v) is 3.43. The number of nitrogens with one attached hydrogen (secondary N) is 2. The fraction of sp³-hybridized carbons (Fsp3) is 0.467. The van der Waals surface area contributed by atoms with Gasteiger partial charge < -0.3 is 15.0 Å². The van der Waals surface area contributed by atoms with Gasteiger partial charge in [-0.3, -0.25) is 0 Å². The summed E-state index contributed by atoms with van der Waals surface area (Å²) in [5.41, 5.74) is 0.615.